The minimum Gasteiger partial charge on any atom is -0.483 e. The zero-order chi connectivity index (χ0) is 21.6. The molecule has 2 aromatic carbocycles. The molecule has 2 amide bonds. The molecule has 5 nitrogen and oxygen atoms in total. The van der Waals surface area contributed by atoms with E-state index in [2.05, 4.69) is 5.32 Å². The quantitative estimate of drug-likeness (QED) is 0.734. The third-order valence-electron chi connectivity index (χ3n) is 4.56. The number of amides is 2. The van der Waals surface area contributed by atoms with Crippen molar-refractivity contribution in [2.24, 2.45) is 0 Å². The topological polar surface area (TPSA) is 58.6 Å². The monoisotopic (exact) mass is 400 g/mol. The molecule has 0 heterocycles. The Morgan fingerprint density at radius 3 is 2.34 bits per heavy atom. The number of carbonyl (C=O) groups is 2. The molecule has 2 rings (SSSR count). The maximum absolute atomic E-state index is 13.2. The fourth-order valence-electron chi connectivity index (χ4n) is 2.86. The first kappa shape index (κ1) is 22.4. The van der Waals surface area contributed by atoms with Crippen LogP contribution < -0.4 is 10.1 Å². The van der Waals surface area contributed by atoms with E-state index in [-0.39, 0.29) is 36.8 Å². The molecule has 156 valence electrons. The minimum atomic E-state index is -0.697. The Balaban J connectivity index is 2.17. The Kier molecular flexibility index (Phi) is 7.76. The number of carbonyl (C=O) groups excluding carboxylic acids is 2. The van der Waals surface area contributed by atoms with Crippen molar-refractivity contribution >= 4 is 11.8 Å². The van der Waals surface area contributed by atoms with Crippen LogP contribution in [0.1, 0.15) is 37.5 Å². The van der Waals surface area contributed by atoms with Gasteiger partial charge in [-0.15, -0.1) is 0 Å². The summed E-state index contributed by atoms with van der Waals surface area (Å²) < 4.78 is 19.0. The molecule has 0 aliphatic heterocycles. The predicted molar refractivity (Wildman–Crippen MR) is 111 cm³/mol. The molecule has 0 spiro atoms. The number of halogens is 1. The van der Waals surface area contributed by atoms with Gasteiger partial charge in [0.05, 0.1) is 0 Å². The van der Waals surface area contributed by atoms with E-state index < -0.39 is 6.04 Å². The molecule has 0 aromatic heterocycles. The lowest BCUT2D eigenvalue weighted by molar-refractivity contribution is -0.142. The zero-order valence-corrected chi connectivity index (χ0v) is 17.7. The summed E-state index contributed by atoms with van der Waals surface area (Å²) >= 11 is 0. The van der Waals surface area contributed by atoms with Crippen molar-refractivity contribution in [2.75, 3.05) is 6.61 Å². The maximum atomic E-state index is 13.2. The third kappa shape index (κ3) is 6.59. The Bertz CT molecular complexity index is 850. The molecule has 1 atom stereocenters. The lowest BCUT2D eigenvalue weighted by Gasteiger charge is -2.29. The average molecular weight is 400 g/mol. The highest BCUT2D eigenvalue weighted by atomic mass is 19.1. The summed E-state index contributed by atoms with van der Waals surface area (Å²) in [4.78, 5) is 26.9. The van der Waals surface area contributed by atoms with E-state index in [0.29, 0.717) is 5.75 Å². The third-order valence-corrected chi connectivity index (χ3v) is 4.56. The van der Waals surface area contributed by atoms with E-state index in [1.54, 1.807) is 19.1 Å². The highest BCUT2D eigenvalue weighted by molar-refractivity contribution is 5.88. The van der Waals surface area contributed by atoms with E-state index in [0.717, 1.165) is 16.7 Å². The van der Waals surface area contributed by atoms with Gasteiger partial charge in [-0.1, -0.05) is 24.3 Å². The van der Waals surface area contributed by atoms with Crippen LogP contribution in [0, 0.1) is 19.7 Å². The number of nitrogens with one attached hydrogen (secondary N) is 1. The van der Waals surface area contributed by atoms with Gasteiger partial charge < -0.3 is 15.0 Å². The highest BCUT2D eigenvalue weighted by Gasteiger charge is 2.27. The molecule has 0 radical (unpaired) electrons. The van der Waals surface area contributed by atoms with Crippen LogP contribution in [-0.2, 0) is 16.1 Å². The van der Waals surface area contributed by atoms with Crippen LogP contribution in [0.25, 0.3) is 0 Å². The predicted octanol–water partition coefficient (Wildman–Crippen LogP) is 3.76. The lowest BCUT2D eigenvalue weighted by Crippen LogP contribution is -2.50. The van der Waals surface area contributed by atoms with Crippen molar-refractivity contribution in [1.29, 1.82) is 0 Å². The molecule has 0 saturated carbocycles. The van der Waals surface area contributed by atoms with E-state index in [9.17, 15) is 14.0 Å². The summed E-state index contributed by atoms with van der Waals surface area (Å²) in [7, 11) is 0. The van der Waals surface area contributed by atoms with Crippen LogP contribution in [0.15, 0.2) is 42.5 Å². The van der Waals surface area contributed by atoms with Gasteiger partial charge in [-0.05, 0) is 69.5 Å². The SMILES string of the molecule is Cc1ccc(C)c(OCC(=O)N(Cc2ccc(F)cc2)[C@H](C)C(=O)NC(C)C)c1. The molecule has 0 unspecified atom stereocenters. The zero-order valence-electron chi connectivity index (χ0n) is 17.7. The first-order chi connectivity index (χ1) is 13.7. The number of hydrogen-bond donors (Lipinski definition) is 1. The summed E-state index contributed by atoms with van der Waals surface area (Å²) in [6, 6.07) is 10.9. The van der Waals surface area contributed by atoms with E-state index in [1.165, 1.54) is 17.0 Å². The van der Waals surface area contributed by atoms with Crippen molar-refractivity contribution in [1.82, 2.24) is 10.2 Å². The fourth-order valence-corrected chi connectivity index (χ4v) is 2.86. The first-order valence-corrected chi connectivity index (χ1v) is 9.71. The standard InChI is InChI=1S/C23H29FN2O3/c1-15(2)25-23(28)18(5)26(13-19-8-10-20(24)11-9-19)22(27)14-29-21-12-16(3)6-7-17(21)4/h6-12,15,18H,13-14H2,1-5H3,(H,25,28)/t18-/m1/s1. The van der Waals surface area contributed by atoms with Crippen molar-refractivity contribution < 1.29 is 18.7 Å². The lowest BCUT2D eigenvalue weighted by atomic mass is 10.1. The minimum absolute atomic E-state index is 0.0427. The fraction of sp³-hybridized carbons (Fsp3) is 0.391. The van der Waals surface area contributed by atoms with Crippen molar-refractivity contribution in [2.45, 2.75) is 53.2 Å². The Morgan fingerprint density at radius 1 is 1.07 bits per heavy atom. The molecule has 29 heavy (non-hydrogen) atoms. The molecular weight excluding hydrogens is 371 g/mol. The Hall–Kier alpha value is -2.89. The van der Waals surface area contributed by atoms with Gasteiger partial charge in [0.25, 0.3) is 5.91 Å². The molecular formula is C23H29FN2O3. The Labute approximate surface area is 171 Å². The first-order valence-electron chi connectivity index (χ1n) is 9.71. The van der Waals surface area contributed by atoms with Crippen LogP contribution in [0.5, 0.6) is 5.75 Å². The van der Waals surface area contributed by atoms with Crippen LogP contribution >= 0.6 is 0 Å². The molecule has 0 aliphatic rings. The van der Waals surface area contributed by atoms with Gasteiger partial charge in [-0.25, -0.2) is 4.39 Å². The van der Waals surface area contributed by atoms with Crippen molar-refractivity contribution in [3.63, 3.8) is 0 Å². The summed E-state index contributed by atoms with van der Waals surface area (Å²) in [5.41, 5.74) is 2.70. The van der Waals surface area contributed by atoms with Gasteiger partial charge in [0.15, 0.2) is 6.61 Å². The number of ether oxygens (including phenoxy) is 1. The number of hydrogen-bond acceptors (Lipinski definition) is 3. The number of nitrogens with zero attached hydrogens (tertiary/aromatic N) is 1. The average Bonchev–Trinajstić information content (AvgIpc) is 2.67. The second kappa shape index (κ2) is 10.0. The number of aryl methyl sites for hydroxylation is 2. The summed E-state index contributed by atoms with van der Waals surface area (Å²) in [6.07, 6.45) is 0. The molecule has 2 aromatic rings. The smallest absolute Gasteiger partial charge is 0.261 e. The molecule has 6 heteroatoms. The van der Waals surface area contributed by atoms with Gasteiger partial charge in [0.1, 0.15) is 17.6 Å². The van der Waals surface area contributed by atoms with Crippen molar-refractivity contribution in [3.05, 3.63) is 65.0 Å². The molecule has 0 saturated heterocycles. The second-order valence-electron chi connectivity index (χ2n) is 7.54. The Morgan fingerprint density at radius 2 is 1.72 bits per heavy atom. The summed E-state index contributed by atoms with van der Waals surface area (Å²) in [5.74, 6) is -0.279. The molecule has 0 bridgehead atoms. The number of rotatable bonds is 8. The van der Waals surface area contributed by atoms with Gasteiger partial charge in [0.2, 0.25) is 5.91 Å². The van der Waals surface area contributed by atoms with Gasteiger partial charge >= 0.3 is 0 Å². The molecule has 0 fully saturated rings. The van der Waals surface area contributed by atoms with Crippen LogP contribution in [0.3, 0.4) is 0 Å². The van der Waals surface area contributed by atoms with Crippen molar-refractivity contribution in [3.8, 4) is 5.75 Å². The van der Waals surface area contributed by atoms with Crippen LogP contribution in [0.2, 0.25) is 0 Å². The van der Waals surface area contributed by atoms with Crippen LogP contribution in [0.4, 0.5) is 4.39 Å². The summed E-state index contributed by atoms with van der Waals surface area (Å²) in [6.45, 7) is 9.26. The summed E-state index contributed by atoms with van der Waals surface area (Å²) in [5, 5.41) is 2.83. The molecule has 1 N–H and O–H groups in total. The van der Waals surface area contributed by atoms with Crippen LogP contribution in [-0.4, -0.2) is 35.4 Å². The second-order valence-corrected chi connectivity index (χ2v) is 7.54. The van der Waals surface area contributed by atoms with E-state index in [4.69, 9.17) is 4.74 Å². The number of benzene rings is 2. The molecule has 0 aliphatic carbocycles. The van der Waals surface area contributed by atoms with E-state index >= 15 is 0 Å². The van der Waals surface area contributed by atoms with E-state index in [1.807, 2.05) is 45.9 Å². The maximum Gasteiger partial charge on any atom is 0.261 e. The van der Waals surface area contributed by atoms with Gasteiger partial charge in [-0.2, -0.15) is 0 Å². The largest absolute Gasteiger partial charge is 0.483 e. The highest BCUT2D eigenvalue weighted by Crippen LogP contribution is 2.19. The van der Waals surface area contributed by atoms with Gasteiger partial charge in [-0.3, -0.25) is 9.59 Å². The normalized spacial score (nSPS) is 11.8. The van der Waals surface area contributed by atoms with Gasteiger partial charge in [0, 0.05) is 12.6 Å².